The van der Waals surface area contributed by atoms with Crippen molar-refractivity contribution in [3.05, 3.63) is 64.1 Å². The normalized spacial score (nSPS) is 20.6. The van der Waals surface area contributed by atoms with Gasteiger partial charge in [-0.3, -0.25) is 9.59 Å². The molecule has 1 atom stereocenters. The van der Waals surface area contributed by atoms with Gasteiger partial charge in [-0.25, -0.2) is 0 Å². The number of benzene rings is 1. The van der Waals surface area contributed by atoms with Crippen molar-refractivity contribution in [1.29, 1.82) is 0 Å². The maximum absolute atomic E-state index is 13.0. The Morgan fingerprint density at radius 1 is 1.17 bits per heavy atom. The number of Topliss-reactive ketones (excluding diaryl/α,β-unsaturated/α-hetero) is 1. The highest BCUT2D eigenvalue weighted by molar-refractivity contribution is 6.46. The van der Waals surface area contributed by atoms with E-state index >= 15 is 0 Å². The van der Waals surface area contributed by atoms with Gasteiger partial charge in [0.05, 0.1) is 5.57 Å². The first-order valence-electron chi connectivity index (χ1n) is 10.5. The first kappa shape index (κ1) is 20.4. The highest BCUT2D eigenvalue weighted by atomic mass is 16.5. The number of ketones is 1. The molecule has 1 aromatic carbocycles. The molecule has 2 aromatic rings. The lowest BCUT2D eigenvalue weighted by Gasteiger charge is -2.23. The van der Waals surface area contributed by atoms with Crippen LogP contribution in [0.25, 0.3) is 5.76 Å². The highest BCUT2D eigenvalue weighted by Crippen LogP contribution is 2.40. The SMILES string of the molecule is COCCCN1C(=O)C(=O)/C(=C(\O)c2ccc3c(c2)CCCC3)C1c1ccc(C)o1. The van der Waals surface area contributed by atoms with Gasteiger partial charge in [0.2, 0.25) is 0 Å². The molecule has 1 aromatic heterocycles. The van der Waals surface area contributed by atoms with Crippen molar-refractivity contribution in [3.63, 3.8) is 0 Å². The second-order valence-electron chi connectivity index (χ2n) is 7.98. The number of aryl methyl sites for hydroxylation is 3. The third kappa shape index (κ3) is 3.67. The van der Waals surface area contributed by atoms with Crippen molar-refractivity contribution in [2.75, 3.05) is 20.3 Å². The minimum atomic E-state index is -0.744. The average Bonchev–Trinajstić information content (AvgIpc) is 3.29. The number of rotatable bonds is 6. The predicted molar refractivity (Wildman–Crippen MR) is 112 cm³/mol. The van der Waals surface area contributed by atoms with Gasteiger partial charge in [0.15, 0.2) is 0 Å². The standard InChI is InChI=1S/C24H27NO5/c1-15-8-11-19(30-15)21-20(23(27)24(28)25(21)12-5-13-29-2)22(26)18-10-9-16-6-3-4-7-17(16)14-18/h8-11,14,21,26H,3-7,12-13H2,1-2H3/b22-20-. The summed E-state index contributed by atoms with van der Waals surface area (Å²) in [6.45, 7) is 2.62. The predicted octanol–water partition coefficient (Wildman–Crippen LogP) is 3.93. The summed E-state index contributed by atoms with van der Waals surface area (Å²) in [6, 6.07) is 8.62. The molecule has 1 amide bonds. The first-order chi connectivity index (χ1) is 14.5. The number of carbonyl (C=O) groups is 2. The van der Waals surface area contributed by atoms with E-state index in [9.17, 15) is 14.7 Å². The molecule has 0 bridgehead atoms. The van der Waals surface area contributed by atoms with Gasteiger partial charge in [-0.1, -0.05) is 12.1 Å². The maximum atomic E-state index is 13.0. The number of aliphatic hydroxyl groups excluding tert-OH is 1. The van der Waals surface area contributed by atoms with Crippen LogP contribution < -0.4 is 0 Å². The summed E-state index contributed by atoms with van der Waals surface area (Å²) in [4.78, 5) is 27.3. The van der Waals surface area contributed by atoms with Crippen LogP contribution in [-0.4, -0.2) is 42.0 Å². The third-order valence-electron chi connectivity index (χ3n) is 5.94. The molecule has 0 radical (unpaired) electrons. The number of ether oxygens (including phenoxy) is 1. The Morgan fingerprint density at radius 3 is 2.63 bits per heavy atom. The summed E-state index contributed by atoms with van der Waals surface area (Å²) in [5.74, 6) is -0.286. The maximum Gasteiger partial charge on any atom is 0.295 e. The second kappa shape index (κ2) is 8.48. The molecular formula is C24H27NO5. The largest absolute Gasteiger partial charge is 0.507 e. The van der Waals surface area contributed by atoms with Crippen molar-refractivity contribution in [2.45, 2.75) is 45.1 Å². The number of nitrogens with zero attached hydrogens (tertiary/aromatic N) is 1. The minimum absolute atomic E-state index is 0.0857. The van der Waals surface area contributed by atoms with E-state index < -0.39 is 17.7 Å². The summed E-state index contributed by atoms with van der Waals surface area (Å²) < 4.78 is 10.9. The van der Waals surface area contributed by atoms with Crippen molar-refractivity contribution < 1.29 is 23.8 Å². The van der Waals surface area contributed by atoms with Crippen LogP contribution in [0.15, 0.2) is 40.3 Å². The number of aliphatic hydroxyl groups is 1. The molecule has 1 aliphatic heterocycles. The van der Waals surface area contributed by atoms with E-state index in [1.807, 2.05) is 25.1 Å². The van der Waals surface area contributed by atoms with Crippen LogP contribution in [0.4, 0.5) is 0 Å². The fraction of sp³-hybridized carbons (Fsp3) is 0.417. The van der Waals surface area contributed by atoms with Gasteiger partial charge in [-0.15, -0.1) is 0 Å². The van der Waals surface area contributed by atoms with Gasteiger partial charge in [0, 0.05) is 25.8 Å². The Balaban J connectivity index is 1.78. The molecule has 4 rings (SSSR count). The Bertz CT molecular complexity index is 1000. The van der Waals surface area contributed by atoms with E-state index in [0.717, 1.165) is 19.3 Å². The molecule has 30 heavy (non-hydrogen) atoms. The first-order valence-corrected chi connectivity index (χ1v) is 10.5. The van der Waals surface area contributed by atoms with Gasteiger partial charge in [-0.2, -0.15) is 0 Å². The lowest BCUT2D eigenvalue weighted by Crippen LogP contribution is -2.31. The van der Waals surface area contributed by atoms with Gasteiger partial charge < -0.3 is 19.2 Å². The van der Waals surface area contributed by atoms with Crippen LogP contribution in [0.1, 0.15) is 53.5 Å². The molecule has 2 heterocycles. The lowest BCUT2D eigenvalue weighted by molar-refractivity contribution is -0.140. The van der Waals surface area contributed by atoms with Crippen LogP contribution in [0.5, 0.6) is 0 Å². The number of likely N-dealkylation sites (tertiary alicyclic amines) is 1. The molecule has 2 aliphatic rings. The van der Waals surface area contributed by atoms with Crippen molar-refractivity contribution >= 4 is 17.4 Å². The van der Waals surface area contributed by atoms with Crippen molar-refractivity contribution in [1.82, 2.24) is 4.90 Å². The molecule has 1 N–H and O–H groups in total. The summed E-state index contributed by atoms with van der Waals surface area (Å²) >= 11 is 0. The highest BCUT2D eigenvalue weighted by Gasteiger charge is 2.47. The minimum Gasteiger partial charge on any atom is -0.507 e. The summed E-state index contributed by atoms with van der Waals surface area (Å²) in [6.07, 6.45) is 4.86. The second-order valence-corrected chi connectivity index (χ2v) is 7.98. The van der Waals surface area contributed by atoms with E-state index in [1.54, 1.807) is 19.2 Å². The number of hydrogen-bond acceptors (Lipinski definition) is 5. The number of amides is 1. The Kier molecular flexibility index (Phi) is 5.77. The lowest BCUT2D eigenvalue weighted by atomic mass is 9.89. The zero-order valence-electron chi connectivity index (χ0n) is 17.4. The molecule has 6 heteroatoms. The van der Waals surface area contributed by atoms with Crippen molar-refractivity contribution in [2.24, 2.45) is 0 Å². The van der Waals surface area contributed by atoms with E-state index in [1.165, 1.54) is 22.4 Å². The molecule has 0 spiro atoms. The molecule has 1 saturated heterocycles. The van der Waals surface area contributed by atoms with E-state index in [0.29, 0.717) is 36.7 Å². The molecule has 6 nitrogen and oxygen atoms in total. The molecular weight excluding hydrogens is 382 g/mol. The van der Waals surface area contributed by atoms with Gasteiger partial charge in [0.1, 0.15) is 23.3 Å². The average molecular weight is 409 g/mol. The third-order valence-corrected chi connectivity index (χ3v) is 5.94. The number of furan rings is 1. The number of methoxy groups -OCH3 is 1. The van der Waals surface area contributed by atoms with Crippen LogP contribution in [-0.2, 0) is 27.2 Å². The quantitative estimate of drug-likeness (QED) is 0.338. The van der Waals surface area contributed by atoms with Gasteiger partial charge in [-0.05, 0) is 68.4 Å². The topological polar surface area (TPSA) is 80.0 Å². The molecule has 1 aliphatic carbocycles. The monoisotopic (exact) mass is 409 g/mol. The smallest absolute Gasteiger partial charge is 0.295 e. The number of fused-ring (bicyclic) bond motifs is 1. The Hall–Kier alpha value is -2.86. The zero-order chi connectivity index (χ0) is 21.3. The summed E-state index contributed by atoms with van der Waals surface area (Å²) in [7, 11) is 1.59. The Morgan fingerprint density at radius 2 is 1.93 bits per heavy atom. The van der Waals surface area contributed by atoms with E-state index in [4.69, 9.17) is 9.15 Å². The zero-order valence-corrected chi connectivity index (χ0v) is 17.4. The molecule has 0 saturated carbocycles. The van der Waals surface area contributed by atoms with Crippen LogP contribution in [0.3, 0.4) is 0 Å². The van der Waals surface area contributed by atoms with E-state index in [-0.39, 0.29) is 11.3 Å². The fourth-order valence-corrected chi connectivity index (χ4v) is 4.42. The van der Waals surface area contributed by atoms with Gasteiger partial charge >= 0.3 is 0 Å². The van der Waals surface area contributed by atoms with E-state index in [2.05, 4.69) is 0 Å². The van der Waals surface area contributed by atoms with Gasteiger partial charge in [0.25, 0.3) is 11.7 Å². The number of carbonyl (C=O) groups excluding carboxylic acids is 2. The Labute approximate surface area is 176 Å². The van der Waals surface area contributed by atoms with Crippen LogP contribution >= 0.6 is 0 Å². The van der Waals surface area contributed by atoms with Crippen LogP contribution in [0.2, 0.25) is 0 Å². The molecule has 1 unspecified atom stereocenters. The fourth-order valence-electron chi connectivity index (χ4n) is 4.42. The van der Waals surface area contributed by atoms with Crippen LogP contribution in [0, 0.1) is 6.92 Å². The molecule has 1 fully saturated rings. The van der Waals surface area contributed by atoms with Crippen molar-refractivity contribution in [3.8, 4) is 0 Å². The summed E-state index contributed by atoms with van der Waals surface area (Å²) in [5, 5.41) is 11.2. The molecule has 158 valence electrons. The summed E-state index contributed by atoms with van der Waals surface area (Å²) in [5.41, 5.74) is 3.14. The number of hydrogen-bond donors (Lipinski definition) is 1.